The third-order valence-corrected chi connectivity index (χ3v) is 2.83. The van der Waals surface area contributed by atoms with Gasteiger partial charge in [-0.15, -0.1) is 5.10 Å². The molecule has 1 aliphatic heterocycles. The van der Waals surface area contributed by atoms with Crippen LogP contribution in [0.1, 0.15) is 17.4 Å². The zero-order valence-corrected chi connectivity index (χ0v) is 9.96. The highest BCUT2D eigenvalue weighted by Gasteiger charge is 2.24. The summed E-state index contributed by atoms with van der Waals surface area (Å²) in [4.78, 5) is 27.9. The Bertz CT molecular complexity index is 434. The maximum atomic E-state index is 12.0. The van der Waals surface area contributed by atoms with Gasteiger partial charge in [0.05, 0.1) is 6.20 Å². The van der Waals surface area contributed by atoms with Gasteiger partial charge in [-0.2, -0.15) is 9.90 Å². The van der Waals surface area contributed by atoms with Crippen LogP contribution in [-0.2, 0) is 11.8 Å². The summed E-state index contributed by atoms with van der Waals surface area (Å²) in [5, 5.41) is 7.84. The van der Waals surface area contributed by atoms with Crippen molar-refractivity contribution in [3.8, 4) is 0 Å². The Morgan fingerprint density at radius 3 is 2.24 bits per heavy atom. The molecule has 7 nitrogen and oxygen atoms in total. The average Bonchev–Trinajstić information content (AvgIpc) is 2.75. The minimum absolute atomic E-state index is 0.0524. The molecule has 0 radical (unpaired) electrons. The minimum atomic E-state index is -0.124. The van der Waals surface area contributed by atoms with E-state index in [0.717, 1.165) is 0 Å². The van der Waals surface area contributed by atoms with Gasteiger partial charge in [0.25, 0.3) is 5.91 Å². The molecule has 2 amide bonds. The van der Waals surface area contributed by atoms with Crippen molar-refractivity contribution >= 4 is 11.8 Å². The van der Waals surface area contributed by atoms with Crippen molar-refractivity contribution in [1.82, 2.24) is 24.8 Å². The van der Waals surface area contributed by atoms with Crippen LogP contribution in [0.15, 0.2) is 6.20 Å². The summed E-state index contributed by atoms with van der Waals surface area (Å²) < 4.78 is 0. The van der Waals surface area contributed by atoms with Gasteiger partial charge in [-0.1, -0.05) is 0 Å². The molecule has 17 heavy (non-hydrogen) atoms. The molecule has 0 spiro atoms. The number of aryl methyl sites for hydroxylation is 1. The van der Waals surface area contributed by atoms with Gasteiger partial charge in [0, 0.05) is 40.2 Å². The molecule has 1 aliphatic rings. The molecule has 1 saturated heterocycles. The molecule has 0 unspecified atom stereocenters. The molecule has 0 bridgehead atoms. The number of rotatable bonds is 1. The summed E-state index contributed by atoms with van der Waals surface area (Å²) in [6, 6.07) is 0. The predicted molar refractivity (Wildman–Crippen MR) is 59.2 cm³/mol. The number of nitrogens with zero attached hydrogens (tertiary/aromatic N) is 5. The fourth-order valence-corrected chi connectivity index (χ4v) is 1.83. The van der Waals surface area contributed by atoms with Crippen molar-refractivity contribution in [3.63, 3.8) is 0 Å². The molecule has 0 aromatic carbocycles. The number of hydrogen-bond acceptors (Lipinski definition) is 4. The van der Waals surface area contributed by atoms with Crippen LogP contribution in [0.5, 0.6) is 0 Å². The lowest BCUT2D eigenvalue weighted by molar-refractivity contribution is -0.130. The second-order valence-electron chi connectivity index (χ2n) is 4.02. The highest BCUT2D eigenvalue weighted by atomic mass is 16.2. The molecule has 2 heterocycles. The summed E-state index contributed by atoms with van der Waals surface area (Å²) in [5.74, 6) is -0.0714. The van der Waals surface area contributed by atoms with Crippen molar-refractivity contribution in [2.24, 2.45) is 7.05 Å². The van der Waals surface area contributed by atoms with E-state index in [1.54, 1.807) is 23.8 Å². The summed E-state index contributed by atoms with van der Waals surface area (Å²) in [7, 11) is 1.67. The fourth-order valence-electron chi connectivity index (χ4n) is 1.83. The van der Waals surface area contributed by atoms with Crippen LogP contribution in [0.2, 0.25) is 0 Å². The van der Waals surface area contributed by atoms with E-state index in [-0.39, 0.29) is 11.8 Å². The highest BCUT2D eigenvalue weighted by molar-refractivity contribution is 5.92. The SMILES string of the molecule is CC(=O)N1CCN(C(=O)c2cnn(C)n2)CC1. The van der Waals surface area contributed by atoms with Gasteiger partial charge in [0.2, 0.25) is 5.91 Å². The van der Waals surface area contributed by atoms with Gasteiger partial charge in [0.15, 0.2) is 5.69 Å². The zero-order valence-electron chi connectivity index (χ0n) is 9.96. The van der Waals surface area contributed by atoms with Crippen LogP contribution in [-0.4, -0.2) is 62.8 Å². The Labute approximate surface area is 99.0 Å². The highest BCUT2D eigenvalue weighted by Crippen LogP contribution is 2.06. The average molecular weight is 237 g/mol. The smallest absolute Gasteiger partial charge is 0.276 e. The zero-order chi connectivity index (χ0) is 12.4. The number of carbonyl (C=O) groups excluding carboxylic acids is 2. The maximum absolute atomic E-state index is 12.0. The van der Waals surface area contributed by atoms with Crippen LogP contribution < -0.4 is 0 Å². The van der Waals surface area contributed by atoms with Crippen molar-refractivity contribution in [3.05, 3.63) is 11.9 Å². The standard InChI is InChI=1S/C10H15N5O2/c1-8(16)14-3-5-15(6-4-14)10(17)9-7-11-13(2)12-9/h7H,3-6H2,1-2H3. The molecule has 92 valence electrons. The van der Waals surface area contributed by atoms with Crippen LogP contribution in [0, 0.1) is 0 Å². The first-order valence-electron chi connectivity index (χ1n) is 5.49. The number of hydrogen-bond donors (Lipinski definition) is 0. The van der Waals surface area contributed by atoms with E-state index in [1.807, 2.05) is 0 Å². The molecular weight excluding hydrogens is 222 g/mol. The molecule has 2 rings (SSSR count). The number of piperazine rings is 1. The lowest BCUT2D eigenvalue weighted by Crippen LogP contribution is -2.50. The molecule has 7 heteroatoms. The third kappa shape index (κ3) is 2.43. The Hall–Kier alpha value is -1.92. The van der Waals surface area contributed by atoms with Crippen molar-refractivity contribution in [2.75, 3.05) is 26.2 Å². The van der Waals surface area contributed by atoms with E-state index < -0.39 is 0 Å². The summed E-state index contributed by atoms with van der Waals surface area (Å²) in [6.07, 6.45) is 1.46. The Kier molecular flexibility index (Phi) is 3.08. The largest absolute Gasteiger partial charge is 0.339 e. The Morgan fingerprint density at radius 2 is 1.76 bits per heavy atom. The van der Waals surface area contributed by atoms with Crippen LogP contribution in [0.25, 0.3) is 0 Å². The van der Waals surface area contributed by atoms with Gasteiger partial charge < -0.3 is 9.80 Å². The molecule has 1 aromatic heterocycles. The number of amides is 2. The van der Waals surface area contributed by atoms with E-state index in [9.17, 15) is 9.59 Å². The first kappa shape index (κ1) is 11.6. The molecule has 0 aliphatic carbocycles. The molecule has 0 N–H and O–H groups in total. The van der Waals surface area contributed by atoms with Crippen molar-refractivity contribution in [1.29, 1.82) is 0 Å². The Balaban J connectivity index is 1.97. The summed E-state index contributed by atoms with van der Waals surface area (Å²) >= 11 is 0. The molecular formula is C10H15N5O2. The lowest BCUT2D eigenvalue weighted by Gasteiger charge is -2.33. The molecule has 0 atom stereocenters. The quantitative estimate of drug-likeness (QED) is 0.636. The topological polar surface area (TPSA) is 71.3 Å². The van der Waals surface area contributed by atoms with Crippen LogP contribution in [0.4, 0.5) is 0 Å². The molecule has 0 saturated carbocycles. The number of aromatic nitrogens is 3. The summed E-state index contributed by atoms with van der Waals surface area (Å²) in [5.41, 5.74) is 0.351. The second-order valence-corrected chi connectivity index (χ2v) is 4.02. The first-order valence-corrected chi connectivity index (χ1v) is 5.49. The van der Waals surface area contributed by atoms with Crippen LogP contribution >= 0.6 is 0 Å². The van der Waals surface area contributed by atoms with Gasteiger partial charge in [0.1, 0.15) is 0 Å². The van der Waals surface area contributed by atoms with E-state index in [0.29, 0.717) is 31.9 Å². The number of carbonyl (C=O) groups is 2. The summed E-state index contributed by atoms with van der Waals surface area (Å²) in [6.45, 7) is 3.81. The second kappa shape index (κ2) is 4.52. The third-order valence-electron chi connectivity index (χ3n) is 2.83. The van der Waals surface area contributed by atoms with Crippen molar-refractivity contribution < 1.29 is 9.59 Å². The van der Waals surface area contributed by atoms with Gasteiger partial charge in [-0.05, 0) is 0 Å². The van der Waals surface area contributed by atoms with E-state index in [2.05, 4.69) is 10.2 Å². The normalized spacial score (nSPS) is 16.1. The predicted octanol–water partition coefficient (Wildman–Crippen LogP) is -0.881. The van der Waals surface area contributed by atoms with Crippen LogP contribution in [0.3, 0.4) is 0 Å². The molecule has 1 aromatic rings. The van der Waals surface area contributed by atoms with Gasteiger partial charge >= 0.3 is 0 Å². The van der Waals surface area contributed by atoms with E-state index in [1.165, 1.54) is 11.0 Å². The first-order chi connectivity index (χ1) is 8.08. The monoisotopic (exact) mass is 237 g/mol. The van der Waals surface area contributed by atoms with Gasteiger partial charge in [-0.3, -0.25) is 9.59 Å². The van der Waals surface area contributed by atoms with E-state index >= 15 is 0 Å². The minimum Gasteiger partial charge on any atom is -0.339 e. The van der Waals surface area contributed by atoms with E-state index in [4.69, 9.17) is 0 Å². The lowest BCUT2D eigenvalue weighted by atomic mass is 10.3. The van der Waals surface area contributed by atoms with Crippen molar-refractivity contribution in [2.45, 2.75) is 6.92 Å². The fraction of sp³-hybridized carbons (Fsp3) is 0.600. The van der Waals surface area contributed by atoms with Gasteiger partial charge in [-0.25, -0.2) is 0 Å². The molecule has 1 fully saturated rings. The Morgan fingerprint density at radius 1 is 1.18 bits per heavy atom. The maximum Gasteiger partial charge on any atom is 0.276 e.